The maximum atomic E-state index is 11.9. The molecule has 1 aliphatic rings. The number of benzene rings is 1. The third-order valence-electron chi connectivity index (χ3n) is 3.05. The van der Waals surface area contributed by atoms with Crippen molar-refractivity contribution in [2.45, 2.75) is 19.3 Å². The molecule has 0 spiro atoms. The standard InChI is InChI=1S/C12H15ClN2O/c13-9-5-2-6-10(14)11(9)12(16)15-7-8-3-1-4-8/h2,5-6,8H,1,3-4,7,14H2,(H,15,16). The summed E-state index contributed by atoms with van der Waals surface area (Å²) in [5, 5.41) is 3.29. The number of carbonyl (C=O) groups is 1. The summed E-state index contributed by atoms with van der Waals surface area (Å²) in [7, 11) is 0. The number of nitrogens with two attached hydrogens (primary N) is 1. The molecule has 0 unspecified atom stereocenters. The van der Waals surface area contributed by atoms with Crippen molar-refractivity contribution in [1.82, 2.24) is 5.32 Å². The van der Waals surface area contributed by atoms with Gasteiger partial charge in [0.05, 0.1) is 10.6 Å². The number of nitrogen functional groups attached to an aromatic ring is 1. The number of hydrogen-bond acceptors (Lipinski definition) is 2. The highest BCUT2D eigenvalue weighted by molar-refractivity contribution is 6.34. The van der Waals surface area contributed by atoms with Crippen LogP contribution in [0.5, 0.6) is 0 Å². The van der Waals surface area contributed by atoms with Gasteiger partial charge in [-0.1, -0.05) is 24.1 Å². The van der Waals surface area contributed by atoms with Crippen LogP contribution in [0, 0.1) is 5.92 Å². The maximum Gasteiger partial charge on any atom is 0.254 e. The van der Waals surface area contributed by atoms with Crippen LogP contribution in [0.4, 0.5) is 5.69 Å². The lowest BCUT2D eigenvalue weighted by Gasteiger charge is -2.25. The molecule has 0 atom stereocenters. The lowest BCUT2D eigenvalue weighted by atomic mass is 9.85. The van der Waals surface area contributed by atoms with Crippen molar-refractivity contribution in [2.24, 2.45) is 5.92 Å². The molecule has 0 bridgehead atoms. The molecular formula is C12H15ClN2O. The van der Waals surface area contributed by atoms with Crippen molar-refractivity contribution in [2.75, 3.05) is 12.3 Å². The number of amides is 1. The predicted molar refractivity (Wildman–Crippen MR) is 65.5 cm³/mol. The Morgan fingerprint density at radius 1 is 1.50 bits per heavy atom. The van der Waals surface area contributed by atoms with Crippen LogP contribution in [0.2, 0.25) is 5.02 Å². The number of halogens is 1. The van der Waals surface area contributed by atoms with Crippen molar-refractivity contribution in [1.29, 1.82) is 0 Å². The summed E-state index contributed by atoms with van der Waals surface area (Å²) in [6.07, 6.45) is 3.69. The molecule has 0 radical (unpaired) electrons. The summed E-state index contributed by atoms with van der Waals surface area (Å²) in [6.45, 7) is 0.726. The van der Waals surface area contributed by atoms with Gasteiger partial charge in [-0.25, -0.2) is 0 Å². The fourth-order valence-electron chi connectivity index (χ4n) is 1.80. The topological polar surface area (TPSA) is 55.1 Å². The Kier molecular flexibility index (Phi) is 3.34. The predicted octanol–water partition coefficient (Wildman–Crippen LogP) is 2.45. The van der Waals surface area contributed by atoms with Gasteiger partial charge in [-0.2, -0.15) is 0 Å². The fourth-order valence-corrected chi connectivity index (χ4v) is 2.07. The molecule has 0 aromatic heterocycles. The Morgan fingerprint density at radius 2 is 2.25 bits per heavy atom. The highest BCUT2D eigenvalue weighted by atomic mass is 35.5. The third-order valence-corrected chi connectivity index (χ3v) is 3.36. The van der Waals surface area contributed by atoms with E-state index in [2.05, 4.69) is 5.32 Å². The molecule has 0 saturated heterocycles. The van der Waals surface area contributed by atoms with E-state index in [0.29, 0.717) is 22.2 Å². The maximum absolute atomic E-state index is 11.9. The minimum atomic E-state index is -0.171. The van der Waals surface area contributed by atoms with E-state index in [9.17, 15) is 4.79 Å². The molecule has 4 heteroatoms. The molecule has 3 nitrogen and oxygen atoms in total. The minimum Gasteiger partial charge on any atom is -0.398 e. The third kappa shape index (κ3) is 2.30. The fraction of sp³-hybridized carbons (Fsp3) is 0.417. The number of nitrogens with one attached hydrogen (secondary N) is 1. The first-order valence-corrected chi connectivity index (χ1v) is 5.88. The van der Waals surface area contributed by atoms with Gasteiger partial charge < -0.3 is 11.1 Å². The molecule has 1 fully saturated rings. The molecule has 16 heavy (non-hydrogen) atoms. The monoisotopic (exact) mass is 238 g/mol. The summed E-state index contributed by atoms with van der Waals surface area (Å²) in [6, 6.07) is 5.10. The molecule has 1 saturated carbocycles. The SMILES string of the molecule is Nc1cccc(Cl)c1C(=O)NCC1CCC1. The van der Waals surface area contributed by atoms with Crippen LogP contribution in [0.25, 0.3) is 0 Å². The van der Waals surface area contributed by atoms with Crippen LogP contribution in [-0.2, 0) is 0 Å². The first kappa shape index (κ1) is 11.3. The van der Waals surface area contributed by atoms with Gasteiger partial charge in [0, 0.05) is 12.2 Å². The lowest BCUT2D eigenvalue weighted by Crippen LogP contribution is -2.32. The quantitative estimate of drug-likeness (QED) is 0.795. The second-order valence-electron chi connectivity index (χ2n) is 4.21. The average Bonchev–Trinajstić information content (AvgIpc) is 2.15. The van der Waals surface area contributed by atoms with Gasteiger partial charge in [0.1, 0.15) is 0 Å². The normalized spacial score (nSPS) is 15.6. The second kappa shape index (κ2) is 4.74. The van der Waals surface area contributed by atoms with E-state index in [-0.39, 0.29) is 5.91 Å². The van der Waals surface area contributed by atoms with Crippen molar-refractivity contribution >= 4 is 23.2 Å². The Bertz CT molecular complexity index is 382. The number of anilines is 1. The minimum absolute atomic E-state index is 0.171. The van der Waals surface area contributed by atoms with E-state index in [1.165, 1.54) is 19.3 Å². The summed E-state index contributed by atoms with van der Waals surface area (Å²) in [5.41, 5.74) is 6.55. The smallest absolute Gasteiger partial charge is 0.254 e. The lowest BCUT2D eigenvalue weighted by molar-refractivity contribution is 0.0940. The molecule has 0 heterocycles. The number of carbonyl (C=O) groups excluding carboxylic acids is 1. The van der Waals surface area contributed by atoms with Crippen molar-refractivity contribution in [3.63, 3.8) is 0 Å². The van der Waals surface area contributed by atoms with Crippen LogP contribution in [0.1, 0.15) is 29.6 Å². The van der Waals surface area contributed by atoms with Crippen LogP contribution >= 0.6 is 11.6 Å². The highest BCUT2D eigenvalue weighted by Gasteiger charge is 2.19. The molecule has 3 N–H and O–H groups in total. The van der Waals surface area contributed by atoms with Gasteiger partial charge in [0.2, 0.25) is 0 Å². The first-order chi connectivity index (χ1) is 7.68. The van der Waals surface area contributed by atoms with Gasteiger partial charge in [-0.3, -0.25) is 4.79 Å². The zero-order valence-electron chi connectivity index (χ0n) is 9.00. The molecule has 1 aliphatic carbocycles. The van der Waals surface area contributed by atoms with Gasteiger partial charge in [0.25, 0.3) is 5.91 Å². The van der Waals surface area contributed by atoms with Crippen LogP contribution in [0.15, 0.2) is 18.2 Å². The van der Waals surface area contributed by atoms with Crippen molar-refractivity contribution in [3.8, 4) is 0 Å². The Balaban J connectivity index is 2.02. The average molecular weight is 239 g/mol. The Hall–Kier alpha value is -1.22. The van der Waals surface area contributed by atoms with Crippen LogP contribution in [-0.4, -0.2) is 12.5 Å². The zero-order valence-corrected chi connectivity index (χ0v) is 9.76. The van der Waals surface area contributed by atoms with Crippen LogP contribution in [0.3, 0.4) is 0 Å². The summed E-state index contributed by atoms with van der Waals surface area (Å²) in [4.78, 5) is 11.9. The second-order valence-corrected chi connectivity index (χ2v) is 4.62. The van der Waals surface area contributed by atoms with Gasteiger partial charge in [-0.05, 0) is 30.9 Å². The molecule has 0 aliphatic heterocycles. The highest BCUT2D eigenvalue weighted by Crippen LogP contribution is 2.26. The molecule has 1 aromatic rings. The van der Waals surface area contributed by atoms with Crippen LogP contribution < -0.4 is 11.1 Å². The molecule has 1 aromatic carbocycles. The largest absolute Gasteiger partial charge is 0.398 e. The molecule has 2 rings (SSSR count). The van der Waals surface area contributed by atoms with E-state index >= 15 is 0 Å². The number of hydrogen-bond donors (Lipinski definition) is 2. The summed E-state index contributed by atoms with van der Waals surface area (Å²) < 4.78 is 0. The van der Waals surface area contributed by atoms with Crippen molar-refractivity contribution in [3.05, 3.63) is 28.8 Å². The summed E-state index contributed by atoms with van der Waals surface area (Å²) in [5.74, 6) is 0.461. The molecule has 86 valence electrons. The first-order valence-electron chi connectivity index (χ1n) is 5.50. The Morgan fingerprint density at radius 3 is 2.81 bits per heavy atom. The van der Waals surface area contributed by atoms with Crippen molar-refractivity contribution < 1.29 is 4.79 Å². The van der Waals surface area contributed by atoms with E-state index in [0.717, 1.165) is 6.54 Å². The van der Waals surface area contributed by atoms with Gasteiger partial charge >= 0.3 is 0 Å². The van der Waals surface area contributed by atoms with Gasteiger partial charge in [0.15, 0.2) is 0 Å². The van der Waals surface area contributed by atoms with Gasteiger partial charge in [-0.15, -0.1) is 0 Å². The molecular weight excluding hydrogens is 224 g/mol. The van der Waals surface area contributed by atoms with E-state index < -0.39 is 0 Å². The Labute approximate surface area is 100.0 Å². The molecule has 1 amide bonds. The van der Waals surface area contributed by atoms with E-state index in [1.807, 2.05) is 0 Å². The van der Waals surface area contributed by atoms with E-state index in [4.69, 9.17) is 17.3 Å². The summed E-state index contributed by atoms with van der Waals surface area (Å²) >= 11 is 5.95. The zero-order chi connectivity index (χ0) is 11.5. The van der Waals surface area contributed by atoms with E-state index in [1.54, 1.807) is 18.2 Å². The number of rotatable bonds is 3.